The molecule has 0 saturated carbocycles. The first kappa shape index (κ1) is 11.0. The lowest BCUT2D eigenvalue weighted by Crippen LogP contribution is -2.09. The molecule has 0 radical (unpaired) electrons. The Bertz CT molecular complexity index is 313. The van der Waals surface area contributed by atoms with Crippen LogP contribution in [0.1, 0.15) is 38.4 Å². The van der Waals surface area contributed by atoms with E-state index in [0.29, 0.717) is 11.4 Å². The van der Waals surface area contributed by atoms with Crippen LogP contribution < -0.4 is 5.73 Å². The lowest BCUT2D eigenvalue weighted by Gasteiger charge is -2.17. The molecule has 0 spiro atoms. The van der Waals surface area contributed by atoms with Crippen LogP contribution in [-0.2, 0) is 6.42 Å². The van der Waals surface area contributed by atoms with Crippen molar-refractivity contribution < 1.29 is 0 Å². The van der Waals surface area contributed by atoms with Gasteiger partial charge in [0.15, 0.2) is 0 Å². The van der Waals surface area contributed by atoms with Crippen LogP contribution in [0.25, 0.3) is 0 Å². The van der Waals surface area contributed by atoms with E-state index in [-0.39, 0.29) is 0 Å². The Morgan fingerprint density at radius 2 is 2.00 bits per heavy atom. The Morgan fingerprint density at radius 1 is 1.36 bits per heavy atom. The maximum Gasteiger partial charge on any atom is 0.220 e. The van der Waals surface area contributed by atoms with Gasteiger partial charge in [-0.1, -0.05) is 20.8 Å². The molecule has 0 aromatic carbocycles. The predicted octanol–water partition coefficient (Wildman–Crippen LogP) is 2.35. The first-order valence-electron chi connectivity index (χ1n) is 4.96. The molecule has 3 heteroatoms. The molecule has 3 nitrogen and oxygen atoms in total. The van der Waals surface area contributed by atoms with Crippen LogP contribution in [0.4, 0.5) is 5.95 Å². The van der Waals surface area contributed by atoms with Crippen LogP contribution >= 0.6 is 0 Å². The van der Waals surface area contributed by atoms with Crippen LogP contribution in [0.3, 0.4) is 0 Å². The molecule has 78 valence electrons. The molecular formula is C11H19N3. The molecule has 0 fully saturated rings. The number of rotatable bonds is 2. The molecular weight excluding hydrogens is 174 g/mol. The number of anilines is 1. The van der Waals surface area contributed by atoms with E-state index in [1.165, 1.54) is 0 Å². The third-order valence-electron chi connectivity index (χ3n) is 2.21. The van der Waals surface area contributed by atoms with Gasteiger partial charge in [-0.3, -0.25) is 0 Å². The first-order valence-corrected chi connectivity index (χ1v) is 4.96. The van der Waals surface area contributed by atoms with Crippen LogP contribution in [0.15, 0.2) is 6.20 Å². The summed E-state index contributed by atoms with van der Waals surface area (Å²) in [6.07, 6.45) is 3.88. The Balaban J connectivity index is 2.72. The Hall–Kier alpha value is -1.12. The summed E-state index contributed by atoms with van der Waals surface area (Å²) >= 11 is 0. The van der Waals surface area contributed by atoms with Crippen molar-refractivity contribution >= 4 is 5.95 Å². The highest BCUT2D eigenvalue weighted by Crippen LogP contribution is 2.21. The molecule has 1 aromatic rings. The smallest absolute Gasteiger partial charge is 0.220 e. The van der Waals surface area contributed by atoms with Crippen LogP contribution in [0, 0.1) is 12.3 Å². The van der Waals surface area contributed by atoms with Gasteiger partial charge in [0.2, 0.25) is 5.95 Å². The van der Waals surface area contributed by atoms with Crippen LogP contribution in [0.2, 0.25) is 0 Å². The maximum atomic E-state index is 5.54. The van der Waals surface area contributed by atoms with Crippen molar-refractivity contribution in [3.63, 3.8) is 0 Å². The Morgan fingerprint density at radius 3 is 2.57 bits per heavy atom. The summed E-state index contributed by atoms with van der Waals surface area (Å²) in [5.74, 6) is 0.375. The highest BCUT2D eigenvalue weighted by atomic mass is 15.0. The number of aromatic nitrogens is 2. The van der Waals surface area contributed by atoms with Crippen molar-refractivity contribution in [2.24, 2.45) is 5.41 Å². The van der Waals surface area contributed by atoms with Gasteiger partial charge in [0, 0.05) is 11.9 Å². The second-order valence-corrected chi connectivity index (χ2v) is 4.92. The number of hydrogen-bond donors (Lipinski definition) is 1. The molecule has 0 aliphatic rings. The quantitative estimate of drug-likeness (QED) is 0.784. The minimum atomic E-state index is 0.339. The number of nitrogens with zero attached hydrogens (tertiary/aromatic N) is 2. The van der Waals surface area contributed by atoms with Crippen molar-refractivity contribution in [2.75, 3.05) is 5.73 Å². The van der Waals surface area contributed by atoms with E-state index in [1.807, 2.05) is 6.92 Å². The van der Waals surface area contributed by atoms with Gasteiger partial charge < -0.3 is 5.73 Å². The minimum absolute atomic E-state index is 0.339. The molecule has 0 aliphatic carbocycles. The van der Waals surface area contributed by atoms with E-state index in [9.17, 15) is 0 Å². The molecule has 0 saturated heterocycles. The van der Waals surface area contributed by atoms with E-state index < -0.39 is 0 Å². The van der Waals surface area contributed by atoms with Gasteiger partial charge in [-0.15, -0.1) is 0 Å². The normalized spacial score (nSPS) is 11.7. The van der Waals surface area contributed by atoms with Gasteiger partial charge in [0.1, 0.15) is 0 Å². The fraction of sp³-hybridized carbons (Fsp3) is 0.636. The van der Waals surface area contributed by atoms with Gasteiger partial charge in [-0.05, 0) is 30.7 Å². The standard InChI is InChI=1S/C11H19N3/c1-8-7-13-10(12)14-9(8)5-6-11(2,3)4/h7H,5-6H2,1-4H3,(H2,12,13,14). The second kappa shape index (κ2) is 3.95. The molecule has 0 bridgehead atoms. The van der Waals surface area contributed by atoms with E-state index in [2.05, 4.69) is 30.7 Å². The number of nitrogens with two attached hydrogens (primary N) is 1. The van der Waals surface area contributed by atoms with E-state index >= 15 is 0 Å². The highest BCUT2D eigenvalue weighted by molar-refractivity contribution is 5.24. The molecule has 0 amide bonds. The fourth-order valence-electron chi connectivity index (χ4n) is 1.24. The second-order valence-electron chi connectivity index (χ2n) is 4.92. The Labute approximate surface area is 85.8 Å². The zero-order valence-corrected chi connectivity index (χ0v) is 9.46. The summed E-state index contributed by atoms with van der Waals surface area (Å²) in [6, 6.07) is 0. The van der Waals surface area contributed by atoms with Crippen LogP contribution in [0.5, 0.6) is 0 Å². The number of aryl methyl sites for hydroxylation is 2. The SMILES string of the molecule is Cc1cnc(N)nc1CCC(C)(C)C. The third kappa shape index (κ3) is 3.32. The summed E-state index contributed by atoms with van der Waals surface area (Å²) in [5.41, 5.74) is 8.09. The van der Waals surface area contributed by atoms with E-state index in [0.717, 1.165) is 24.1 Å². The van der Waals surface area contributed by atoms with Crippen molar-refractivity contribution in [3.05, 3.63) is 17.5 Å². The highest BCUT2D eigenvalue weighted by Gasteiger charge is 2.11. The van der Waals surface area contributed by atoms with Crippen LogP contribution in [-0.4, -0.2) is 9.97 Å². The van der Waals surface area contributed by atoms with Gasteiger partial charge in [0.05, 0.1) is 0 Å². The maximum absolute atomic E-state index is 5.54. The average Bonchev–Trinajstić information content (AvgIpc) is 2.05. The topological polar surface area (TPSA) is 51.8 Å². The molecule has 14 heavy (non-hydrogen) atoms. The lowest BCUT2D eigenvalue weighted by atomic mass is 9.89. The Kier molecular flexibility index (Phi) is 3.09. The minimum Gasteiger partial charge on any atom is -0.368 e. The van der Waals surface area contributed by atoms with Gasteiger partial charge in [0.25, 0.3) is 0 Å². The molecule has 2 N–H and O–H groups in total. The zero-order chi connectivity index (χ0) is 10.8. The zero-order valence-electron chi connectivity index (χ0n) is 9.46. The molecule has 0 atom stereocenters. The molecule has 1 heterocycles. The third-order valence-corrected chi connectivity index (χ3v) is 2.21. The average molecular weight is 193 g/mol. The van der Waals surface area contributed by atoms with Gasteiger partial charge >= 0.3 is 0 Å². The molecule has 0 aliphatic heterocycles. The summed E-state index contributed by atoms with van der Waals surface area (Å²) in [7, 11) is 0. The van der Waals surface area contributed by atoms with Crippen molar-refractivity contribution in [1.29, 1.82) is 0 Å². The van der Waals surface area contributed by atoms with E-state index in [4.69, 9.17) is 5.73 Å². The molecule has 1 aromatic heterocycles. The summed E-state index contributed by atoms with van der Waals surface area (Å²) in [6.45, 7) is 8.71. The van der Waals surface area contributed by atoms with E-state index in [1.54, 1.807) is 6.20 Å². The fourth-order valence-corrected chi connectivity index (χ4v) is 1.24. The summed E-state index contributed by atoms with van der Waals surface area (Å²) in [5, 5.41) is 0. The number of nitrogen functional groups attached to an aromatic ring is 1. The van der Waals surface area contributed by atoms with Crippen molar-refractivity contribution in [1.82, 2.24) is 9.97 Å². The first-order chi connectivity index (χ1) is 6.38. The molecule has 1 rings (SSSR count). The predicted molar refractivity (Wildman–Crippen MR) is 59.0 cm³/mol. The number of hydrogen-bond acceptors (Lipinski definition) is 3. The van der Waals surface area contributed by atoms with Crippen molar-refractivity contribution in [3.8, 4) is 0 Å². The lowest BCUT2D eigenvalue weighted by molar-refractivity contribution is 0.376. The van der Waals surface area contributed by atoms with Gasteiger partial charge in [-0.2, -0.15) is 0 Å². The van der Waals surface area contributed by atoms with Crippen molar-refractivity contribution in [2.45, 2.75) is 40.5 Å². The monoisotopic (exact) mass is 193 g/mol. The largest absolute Gasteiger partial charge is 0.368 e. The summed E-state index contributed by atoms with van der Waals surface area (Å²) in [4.78, 5) is 8.19. The summed E-state index contributed by atoms with van der Waals surface area (Å²) < 4.78 is 0. The van der Waals surface area contributed by atoms with Gasteiger partial charge in [-0.25, -0.2) is 9.97 Å². The molecule has 0 unspecified atom stereocenters.